The minimum Gasteiger partial charge on any atom is -0.355 e. The van der Waals surface area contributed by atoms with Gasteiger partial charge in [0.25, 0.3) is 0 Å². The predicted molar refractivity (Wildman–Crippen MR) is 63.9 cm³/mol. The number of aromatic nitrogens is 2. The monoisotopic (exact) mass is 234 g/mol. The first-order valence-corrected chi connectivity index (χ1v) is 5.91. The summed E-state index contributed by atoms with van der Waals surface area (Å²) in [6.45, 7) is 3.39. The Morgan fingerprint density at radius 2 is 2.47 bits per heavy atom. The molecule has 0 aliphatic heterocycles. The highest BCUT2D eigenvalue weighted by atomic mass is 16.1. The molecular formula is C12H18N4O. The van der Waals surface area contributed by atoms with E-state index in [1.54, 1.807) is 12.5 Å². The molecule has 5 heteroatoms. The molecule has 17 heavy (non-hydrogen) atoms. The number of aryl methyl sites for hydroxylation is 1. The van der Waals surface area contributed by atoms with Crippen LogP contribution >= 0.6 is 0 Å². The number of imidazole rings is 1. The molecule has 1 atom stereocenters. The Morgan fingerprint density at radius 3 is 3.06 bits per heavy atom. The molecule has 5 nitrogen and oxygen atoms in total. The molecule has 0 aromatic carbocycles. The van der Waals surface area contributed by atoms with Crippen LogP contribution in [0.1, 0.15) is 26.2 Å². The van der Waals surface area contributed by atoms with Crippen LogP contribution in [0.15, 0.2) is 18.7 Å². The first kappa shape index (κ1) is 13.2. The maximum atomic E-state index is 11.6. The fourth-order valence-electron chi connectivity index (χ4n) is 1.56. The van der Waals surface area contributed by atoms with Crippen molar-refractivity contribution in [2.24, 2.45) is 5.92 Å². The zero-order valence-electron chi connectivity index (χ0n) is 10.1. The smallest absolute Gasteiger partial charge is 0.237 e. The molecule has 0 fully saturated rings. The van der Waals surface area contributed by atoms with Crippen LogP contribution in [-0.2, 0) is 11.3 Å². The topological polar surface area (TPSA) is 70.7 Å². The minimum absolute atomic E-state index is 0.153. The average Bonchev–Trinajstić information content (AvgIpc) is 2.84. The summed E-state index contributed by atoms with van der Waals surface area (Å²) in [5.74, 6) is -0.659. The van der Waals surface area contributed by atoms with Gasteiger partial charge in [-0.2, -0.15) is 5.26 Å². The summed E-state index contributed by atoms with van der Waals surface area (Å²) in [6, 6.07) is 2.03. The van der Waals surface area contributed by atoms with Crippen molar-refractivity contribution >= 4 is 5.91 Å². The molecule has 0 spiro atoms. The van der Waals surface area contributed by atoms with Gasteiger partial charge in [0.05, 0.1) is 12.4 Å². The van der Waals surface area contributed by atoms with Gasteiger partial charge in [-0.25, -0.2) is 4.98 Å². The van der Waals surface area contributed by atoms with Crippen LogP contribution in [0, 0.1) is 17.2 Å². The summed E-state index contributed by atoms with van der Waals surface area (Å²) in [7, 11) is 0. The fourth-order valence-corrected chi connectivity index (χ4v) is 1.56. The van der Waals surface area contributed by atoms with Crippen LogP contribution in [0.2, 0.25) is 0 Å². The summed E-state index contributed by atoms with van der Waals surface area (Å²) in [4.78, 5) is 15.5. The fraction of sp³-hybridized carbons (Fsp3) is 0.583. The first-order valence-electron chi connectivity index (χ1n) is 5.91. The number of carbonyl (C=O) groups is 1. The molecule has 1 rings (SSSR count). The summed E-state index contributed by atoms with van der Waals surface area (Å²) in [6.07, 6.45) is 7.68. The highest BCUT2D eigenvalue weighted by Crippen LogP contribution is 2.04. The number of carbonyl (C=O) groups excluding carboxylic acids is 1. The summed E-state index contributed by atoms with van der Waals surface area (Å²) < 4.78 is 1.96. The highest BCUT2D eigenvalue weighted by molar-refractivity contribution is 5.80. The summed E-state index contributed by atoms with van der Waals surface area (Å²) >= 11 is 0. The Kier molecular flexibility index (Phi) is 5.80. The number of hydrogen-bond donors (Lipinski definition) is 1. The van der Waals surface area contributed by atoms with Gasteiger partial charge >= 0.3 is 0 Å². The van der Waals surface area contributed by atoms with E-state index in [1.807, 2.05) is 23.8 Å². The van der Waals surface area contributed by atoms with Gasteiger partial charge in [-0.3, -0.25) is 4.79 Å². The minimum atomic E-state index is -0.506. The van der Waals surface area contributed by atoms with Crippen LogP contribution in [0.25, 0.3) is 0 Å². The van der Waals surface area contributed by atoms with Gasteiger partial charge in [-0.05, 0) is 12.8 Å². The van der Waals surface area contributed by atoms with E-state index in [-0.39, 0.29) is 5.91 Å². The second-order valence-electron chi connectivity index (χ2n) is 3.92. The zero-order chi connectivity index (χ0) is 12.5. The maximum absolute atomic E-state index is 11.6. The molecule has 1 heterocycles. The van der Waals surface area contributed by atoms with Gasteiger partial charge in [-0.1, -0.05) is 13.3 Å². The van der Waals surface area contributed by atoms with E-state index in [0.717, 1.165) is 19.4 Å². The largest absolute Gasteiger partial charge is 0.355 e. The van der Waals surface area contributed by atoms with Crippen molar-refractivity contribution in [1.29, 1.82) is 5.26 Å². The second-order valence-corrected chi connectivity index (χ2v) is 3.92. The molecule has 1 aromatic heterocycles. The molecule has 0 saturated carbocycles. The molecule has 1 unspecified atom stereocenters. The quantitative estimate of drug-likeness (QED) is 0.723. The van der Waals surface area contributed by atoms with Gasteiger partial charge in [0.1, 0.15) is 5.92 Å². The molecule has 0 bridgehead atoms. The molecule has 1 N–H and O–H groups in total. The van der Waals surface area contributed by atoms with Crippen LogP contribution < -0.4 is 5.32 Å². The van der Waals surface area contributed by atoms with Gasteiger partial charge in [-0.15, -0.1) is 0 Å². The predicted octanol–water partition coefficient (Wildman–Crippen LogP) is 1.33. The Balaban J connectivity index is 2.17. The number of amides is 1. The lowest BCUT2D eigenvalue weighted by molar-refractivity contribution is -0.123. The lowest BCUT2D eigenvalue weighted by Gasteiger charge is -2.09. The number of hydrogen-bond acceptors (Lipinski definition) is 3. The number of nitrogens with zero attached hydrogens (tertiary/aromatic N) is 3. The zero-order valence-corrected chi connectivity index (χ0v) is 10.1. The van der Waals surface area contributed by atoms with Crippen molar-refractivity contribution < 1.29 is 4.79 Å². The van der Waals surface area contributed by atoms with Crippen molar-refractivity contribution in [3.05, 3.63) is 18.7 Å². The van der Waals surface area contributed by atoms with Crippen LogP contribution in [0.5, 0.6) is 0 Å². The second kappa shape index (κ2) is 7.44. The Morgan fingerprint density at radius 1 is 1.65 bits per heavy atom. The molecule has 0 aliphatic rings. The Bertz CT molecular complexity index is 366. The van der Waals surface area contributed by atoms with Crippen LogP contribution in [-0.4, -0.2) is 22.0 Å². The van der Waals surface area contributed by atoms with Gasteiger partial charge in [0.2, 0.25) is 5.91 Å². The van der Waals surface area contributed by atoms with Crippen molar-refractivity contribution in [3.8, 4) is 6.07 Å². The average molecular weight is 234 g/mol. The van der Waals surface area contributed by atoms with Gasteiger partial charge in [0, 0.05) is 25.5 Å². The number of nitrogens with one attached hydrogen (secondary N) is 1. The van der Waals surface area contributed by atoms with E-state index in [2.05, 4.69) is 10.3 Å². The maximum Gasteiger partial charge on any atom is 0.237 e. The molecule has 92 valence electrons. The van der Waals surface area contributed by atoms with Crippen molar-refractivity contribution in [2.75, 3.05) is 6.54 Å². The first-order chi connectivity index (χ1) is 8.27. The van der Waals surface area contributed by atoms with E-state index in [1.165, 1.54) is 0 Å². The van der Waals surface area contributed by atoms with E-state index < -0.39 is 5.92 Å². The Labute approximate surface area is 101 Å². The van der Waals surface area contributed by atoms with Crippen molar-refractivity contribution in [3.63, 3.8) is 0 Å². The lowest BCUT2D eigenvalue weighted by Crippen LogP contribution is -2.31. The number of nitriles is 1. The third-order valence-corrected chi connectivity index (χ3v) is 2.50. The molecule has 0 saturated heterocycles. The third-order valence-electron chi connectivity index (χ3n) is 2.50. The molecule has 0 radical (unpaired) electrons. The molecule has 0 aliphatic carbocycles. The lowest BCUT2D eigenvalue weighted by atomic mass is 10.1. The summed E-state index contributed by atoms with van der Waals surface area (Å²) in [5, 5.41) is 11.6. The van der Waals surface area contributed by atoms with Crippen LogP contribution in [0.3, 0.4) is 0 Å². The van der Waals surface area contributed by atoms with Gasteiger partial charge in [0.15, 0.2) is 0 Å². The number of rotatable bonds is 7. The van der Waals surface area contributed by atoms with Gasteiger partial charge < -0.3 is 9.88 Å². The van der Waals surface area contributed by atoms with E-state index >= 15 is 0 Å². The standard InChI is InChI=1S/C12H18N4O/c1-2-4-11(9-13)12(17)15-5-3-7-16-8-6-14-10-16/h6,8,10-11H,2-5,7H2,1H3,(H,15,17). The molecule has 1 amide bonds. The van der Waals surface area contributed by atoms with E-state index in [4.69, 9.17) is 5.26 Å². The SMILES string of the molecule is CCCC(C#N)C(=O)NCCCn1ccnc1. The van der Waals surface area contributed by atoms with E-state index in [0.29, 0.717) is 13.0 Å². The summed E-state index contributed by atoms with van der Waals surface area (Å²) in [5.41, 5.74) is 0. The van der Waals surface area contributed by atoms with Crippen LogP contribution in [0.4, 0.5) is 0 Å². The Hall–Kier alpha value is -1.83. The van der Waals surface area contributed by atoms with E-state index in [9.17, 15) is 4.79 Å². The highest BCUT2D eigenvalue weighted by Gasteiger charge is 2.15. The van der Waals surface area contributed by atoms with Crippen molar-refractivity contribution in [2.45, 2.75) is 32.7 Å². The molecule has 1 aromatic rings. The van der Waals surface area contributed by atoms with Crippen molar-refractivity contribution in [1.82, 2.24) is 14.9 Å². The third kappa shape index (κ3) is 4.68. The molecular weight excluding hydrogens is 216 g/mol. The normalized spacial score (nSPS) is 11.8.